The molecule has 2 N–H and O–H groups in total. The van der Waals surface area contributed by atoms with Crippen molar-refractivity contribution in [3.05, 3.63) is 63.9 Å². The second-order valence-electron chi connectivity index (χ2n) is 4.64. The van der Waals surface area contributed by atoms with E-state index in [1.54, 1.807) is 13.1 Å². The standard InChI is InChI=1S/C16H16BrFN2O/c1-19-16(21)8-11-2-5-14(6-3-11)20-10-12-9-13(18)4-7-15(12)17/h2-7,9,20H,8,10H2,1H3,(H,19,21). The van der Waals surface area contributed by atoms with Crippen molar-refractivity contribution < 1.29 is 9.18 Å². The van der Waals surface area contributed by atoms with Gasteiger partial charge in [-0.05, 0) is 41.5 Å². The third-order valence-corrected chi connectivity index (χ3v) is 3.86. The highest BCUT2D eigenvalue weighted by Crippen LogP contribution is 2.19. The number of carbonyl (C=O) groups is 1. The maximum Gasteiger partial charge on any atom is 0.224 e. The smallest absolute Gasteiger partial charge is 0.224 e. The Hall–Kier alpha value is -1.88. The average molecular weight is 351 g/mol. The molecule has 0 saturated carbocycles. The number of amides is 1. The van der Waals surface area contributed by atoms with E-state index < -0.39 is 0 Å². The third-order valence-electron chi connectivity index (χ3n) is 3.09. The molecule has 0 aliphatic carbocycles. The zero-order valence-corrected chi connectivity index (χ0v) is 13.2. The van der Waals surface area contributed by atoms with Crippen LogP contribution < -0.4 is 10.6 Å². The van der Waals surface area contributed by atoms with Crippen LogP contribution in [0.1, 0.15) is 11.1 Å². The summed E-state index contributed by atoms with van der Waals surface area (Å²) in [7, 11) is 1.62. The zero-order valence-electron chi connectivity index (χ0n) is 11.6. The molecule has 0 radical (unpaired) electrons. The molecule has 0 aromatic heterocycles. The predicted molar refractivity (Wildman–Crippen MR) is 85.6 cm³/mol. The number of nitrogens with one attached hydrogen (secondary N) is 2. The molecule has 0 saturated heterocycles. The van der Waals surface area contributed by atoms with Crippen molar-refractivity contribution in [2.75, 3.05) is 12.4 Å². The first-order chi connectivity index (χ1) is 10.1. The summed E-state index contributed by atoms with van der Waals surface area (Å²) in [5, 5.41) is 5.82. The van der Waals surface area contributed by atoms with Gasteiger partial charge >= 0.3 is 0 Å². The van der Waals surface area contributed by atoms with Crippen molar-refractivity contribution in [2.24, 2.45) is 0 Å². The molecule has 2 aromatic rings. The van der Waals surface area contributed by atoms with Gasteiger partial charge in [0, 0.05) is 23.8 Å². The van der Waals surface area contributed by atoms with Gasteiger partial charge < -0.3 is 10.6 Å². The summed E-state index contributed by atoms with van der Waals surface area (Å²) in [6, 6.07) is 12.2. The van der Waals surface area contributed by atoms with E-state index >= 15 is 0 Å². The highest BCUT2D eigenvalue weighted by molar-refractivity contribution is 9.10. The molecule has 0 aliphatic heterocycles. The van der Waals surface area contributed by atoms with E-state index in [2.05, 4.69) is 26.6 Å². The Morgan fingerprint density at radius 3 is 2.57 bits per heavy atom. The van der Waals surface area contributed by atoms with Crippen molar-refractivity contribution in [3.8, 4) is 0 Å². The number of halogens is 2. The Bertz CT molecular complexity index is 629. The van der Waals surface area contributed by atoms with Gasteiger partial charge in [-0.15, -0.1) is 0 Å². The summed E-state index contributed by atoms with van der Waals surface area (Å²) in [5.74, 6) is -0.268. The fraction of sp³-hybridized carbons (Fsp3) is 0.188. The van der Waals surface area contributed by atoms with Crippen LogP contribution in [0.4, 0.5) is 10.1 Å². The molecule has 2 rings (SSSR count). The largest absolute Gasteiger partial charge is 0.381 e. The minimum Gasteiger partial charge on any atom is -0.381 e. The highest BCUT2D eigenvalue weighted by atomic mass is 79.9. The van der Waals surface area contributed by atoms with Gasteiger partial charge in [-0.2, -0.15) is 0 Å². The Labute approximate surface area is 131 Å². The molecule has 0 heterocycles. The Morgan fingerprint density at radius 2 is 1.90 bits per heavy atom. The molecule has 0 fully saturated rings. The fourth-order valence-corrected chi connectivity index (χ4v) is 2.28. The Balaban J connectivity index is 1.97. The number of rotatable bonds is 5. The third kappa shape index (κ3) is 4.56. The van der Waals surface area contributed by atoms with Crippen molar-refractivity contribution >= 4 is 27.5 Å². The van der Waals surface area contributed by atoms with Crippen LogP contribution >= 0.6 is 15.9 Å². The Morgan fingerprint density at radius 1 is 1.19 bits per heavy atom. The lowest BCUT2D eigenvalue weighted by Gasteiger charge is -2.09. The van der Waals surface area contributed by atoms with E-state index in [0.29, 0.717) is 13.0 Å². The molecule has 0 spiro atoms. The van der Waals surface area contributed by atoms with Gasteiger partial charge in [-0.3, -0.25) is 4.79 Å². The average Bonchev–Trinajstić information content (AvgIpc) is 2.49. The first-order valence-corrected chi connectivity index (χ1v) is 7.35. The number of likely N-dealkylation sites (N-methyl/N-ethyl adjacent to an activating group) is 1. The number of benzene rings is 2. The molecule has 110 valence electrons. The molecule has 3 nitrogen and oxygen atoms in total. The van der Waals surface area contributed by atoms with E-state index in [9.17, 15) is 9.18 Å². The first-order valence-electron chi connectivity index (χ1n) is 6.56. The van der Waals surface area contributed by atoms with E-state index in [-0.39, 0.29) is 11.7 Å². The zero-order chi connectivity index (χ0) is 15.2. The quantitative estimate of drug-likeness (QED) is 0.866. The van der Waals surface area contributed by atoms with Crippen molar-refractivity contribution in [1.29, 1.82) is 0 Å². The lowest BCUT2D eigenvalue weighted by atomic mass is 10.1. The van der Waals surface area contributed by atoms with Gasteiger partial charge in [-0.1, -0.05) is 28.1 Å². The normalized spacial score (nSPS) is 10.2. The van der Waals surface area contributed by atoms with E-state index in [1.165, 1.54) is 12.1 Å². The van der Waals surface area contributed by atoms with E-state index in [4.69, 9.17) is 0 Å². The summed E-state index contributed by atoms with van der Waals surface area (Å²) in [6.45, 7) is 0.521. The fourth-order valence-electron chi connectivity index (χ4n) is 1.89. The maximum absolute atomic E-state index is 13.2. The van der Waals surface area contributed by atoms with Gasteiger partial charge in [0.05, 0.1) is 6.42 Å². The van der Waals surface area contributed by atoms with Crippen LogP contribution in [0, 0.1) is 5.82 Å². The van der Waals surface area contributed by atoms with Gasteiger partial charge in [0.1, 0.15) is 5.82 Å². The van der Waals surface area contributed by atoms with Crippen molar-refractivity contribution in [3.63, 3.8) is 0 Å². The van der Waals surface area contributed by atoms with Gasteiger partial charge in [0.25, 0.3) is 0 Å². The number of hydrogen-bond donors (Lipinski definition) is 2. The van der Waals surface area contributed by atoms with Crippen molar-refractivity contribution in [1.82, 2.24) is 5.32 Å². The molecule has 21 heavy (non-hydrogen) atoms. The molecule has 1 amide bonds. The Kier molecular flexibility index (Phi) is 5.33. The van der Waals surface area contributed by atoms with Gasteiger partial charge in [0.2, 0.25) is 5.91 Å². The minimum atomic E-state index is -0.254. The monoisotopic (exact) mass is 350 g/mol. The molecule has 0 bridgehead atoms. The SMILES string of the molecule is CNC(=O)Cc1ccc(NCc2cc(F)ccc2Br)cc1. The molecule has 0 aliphatic rings. The summed E-state index contributed by atoms with van der Waals surface area (Å²) < 4.78 is 14.1. The predicted octanol–water partition coefficient (Wildman–Crippen LogP) is 3.49. The number of anilines is 1. The summed E-state index contributed by atoms with van der Waals surface area (Å²) >= 11 is 3.40. The first kappa shape index (κ1) is 15.5. The van der Waals surface area contributed by atoms with Crippen LogP contribution in [-0.2, 0) is 17.8 Å². The van der Waals surface area contributed by atoms with Gasteiger partial charge in [0.15, 0.2) is 0 Å². The summed E-state index contributed by atoms with van der Waals surface area (Å²) in [4.78, 5) is 11.3. The molecule has 0 unspecified atom stereocenters. The van der Waals surface area contributed by atoms with Gasteiger partial charge in [-0.25, -0.2) is 4.39 Å². The van der Waals surface area contributed by atoms with Crippen LogP contribution in [0.5, 0.6) is 0 Å². The van der Waals surface area contributed by atoms with Crippen LogP contribution in [-0.4, -0.2) is 13.0 Å². The summed E-state index contributed by atoms with van der Waals surface area (Å²) in [5.41, 5.74) is 2.73. The lowest BCUT2D eigenvalue weighted by molar-refractivity contribution is -0.119. The van der Waals surface area contributed by atoms with E-state index in [0.717, 1.165) is 21.3 Å². The van der Waals surface area contributed by atoms with E-state index in [1.807, 2.05) is 24.3 Å². The highest BCUT2D eigenvalue weighted by Gasteiger charge is 2.03. The maximum atomic E-state index is 13.2. The minimum absolute atomic E-state index is 0.0144. The van der Waals surface area contributed by atoms with Crippen LogP contribution in [0.3, 0.4) is 0 Å². The van der Waals surface area contributed by atoms with Crippen LogP contribution in [0.15, 0.2) is 46.9 Å². The summed E-state index contributed by atoms with van der Waals surface area (Å²) in [6.07, 6.45) is 0.367. The number of hydrogen-bond acceptors (Lipinski definition) is 2. The molecule has 2 aromatic carbocycles. The molecule has 5 heteroatoms. The molecule has 0 atom stereocenters. The molecular formula is C16H16BrFN2O. The number of carbonyl (C=O) groups excluding carboxylic acids is 1. The molecular weight excluding hydrogens is 335 g/mol. The van der Waals surface area contributed by atoms with Crippen LogP contribution in [0.25, 0.3) is 0 Å². The lowest BCUT2D eigenvalue weighted by Crippen LogP contribution is -2.19. The topological polar surface area (TPSA) is 41.1 Å². The van der Waals surface area contributed by atoms with Crippen LogP contribution in [0.2, 0.25) is 0 Å². The second-order valence-corrected chi connectivity index (χ2v) is 5.49. The van der Waals surface area contributed by atoms with Crippen molar-refractivity contribution in [2.45, 2.75) is 13.0 Å². The second kappa shape index (κ2) is 7.22.